The fraction of sp³-hybridized carbons (Fsp3) is 0.636. The Morgan fingerprint density at radius 2 is 1.84 bits per heavy atom. The van der Waals surface area contributed by atoms with Crippen molar-refractivity contribution in [3.05, 3.63) is 0 Å². The van der Waals surface area contributed by atoms with Crippen molar-refractivity contribution in [2.45, 2.75) is 19.9 Å². The number of nitrogens with zero attached hydrogens (tertiary/aromatic N) is 1. The minimum Gasteiger partial charge on any atom is -0.346 e. The molecule has 0 aromatic rings. The van der Waals surface area contributed by atoms with E-state index >= 15 is 0 Å². The van der Waals surface area contributed by atoms with Gasteiger partial charge in [0, 0.05) is 0 Å². The topological polar surface area (TPSA) is 122 Å². The van der Waals surface area contributed by atoms with Crippen molar-refractivity contribution < 1.29 is 19.2 Å². The summed E-state index contributed by atoms with van der Waals surface area (Å²) in [6.07, 6.45) is 0. The second kappa shape index (κ2) is 6.28. The molecule has 0 aliphatic carbocycles. The molecule has 8 heteroatoms. The Kier molecular flexibility index (Phi) is 4.99. The van der Waals surface area contributed by atoms with Gasteiger partial charge in [0.25, 0.3) is 0 Å². The van der Waals surface area contributed by atoms with Gasteiger partial charge >= 0.3 is 0 Å². The quantitative estimate of drug-likeness (QED) is 0.490. The van der Waals surface area contributed by atoms with Gasteiger partial charge in [0.15, 0.2) is 0 Å². The number of carbonyl (C=O) groups excluding carboxylic acids is 4. The highest BCUT2D eigenvalue weighted by Crippen LogP contribution is 1.98. The lowest BCUT2D eigenvalue weighted by Gasteiger charge is -2.25. The third-order valence-electron chi connectivity index (χ3n) is 2.74. The van der Waals surface area contributed by atoms with Gasteiger partial charge in [-0.2, -0.15) is 0 Å². The average molecular weight is 270 g/mol. The molecule has 1 fully saturated rings. The Morgan fingerprint density at radius 1 is 1.32 bits per heavy atom. The van der Waals surface area contributed by atoms with Crippen LogP contribution >= 0.6 is 0 Å². The van der Waals surface area contributed by atoms with Crippen LogP contribution in [0.2, 0.25) is 0 Å². The van der Waals surface area contributed by atoms with Gasteiger partial charge in [-0.15, -0.1) is 0 Å². The molecule has 1 atom stereocenters. The standard InChI is InChI=1S/C11H18N4O4/c1-6(2)10(12)11(19)13-3-9(18)15-4-7(16)14-8(17)5-15/h6,10H,3-5,12H2,1-2H3,(H,13,19)(H,14,16,17)/t10-/m0/s1. The second-order valence-corrected chi connectivity index (χ2v) is 4.71. The highest BCUT2D eigenvalue weighted by atomic mass is 16.2. The minimum atomic E-state index is -0.695. The van der Waals surface area contributed by atoms with Crippen LogP contribution in [0.3, 0.4) is 0 Å². The van der Waals surface area contributed by atoms with Crippen molar-refractivity contribution >= 4 is 23.6 Å². The summed E-state index contributed by atoms with van der Waals surface area (Å²) in [6, 6.07) is -0.695. The van der Waals surface area contributed by atoms with Gasteiger partial charge in [0.05, 0.1) is 12.6 Å². The Bertz CT molecular complexity index is 391. The average Bonchev–Trinajstić information content (AvgIpc) is 2.33. The highest BCUT2D eigenvalue weighted by molar-refractivity contribution is 6.03. The summed E-state index contributed by atoms with van der Waals surface area (Å²) in [6.45, 7) is 2.94. The zero-order valence-electron chi connectivity index (χ0n) is 10.9. The Morgan fingerprint density at radius 3 is 2.32 bits per heavy atom. The van der Waals surface area contributed by atoms with E-state index in [0.29, 0.717) is 0 Å². The number of rotatable bonds is 4. The molecule has 0 aromatic carbocycles. The summed E-state index contributed by atoms with van der Waals surface area (Å²) in [5.41, 5.74) is 5.61. The summed E-state index contributed by atoms with van der Waals surface area (Å²) >= 11 is 0. The predicted octanol–water partition coefficient (Wildman–Crippen LogP) is -2.43. The SMILES string of the molecule is CC(C)[C@H](N)C(=O)NCC(=O)N1CC(=O)NC(=O)C1. The van der Waals surface area contributed by atoms with Crippen LogP contribution in [0.5, 0.6) is 0 Å². The molecule has 4 amide bonds. The molecule has 0 radical (unpaired) electrons. The van der Waals surface area contributed by atoms with E-state index in [9.17, 15) is 19.2 Å². The largest absolute Gasteiger partial charge is 0.346 e. The van der Waals surface area contributed by atoms with Crippen molar-refractivity contribution in [1.82, 2.24) is 15.5 Å². The van der Waals surface area contributed by atoms with Gasteiger partial charge in [-0.3, -0.25) is 24.5 Å². The van der Waals surface area contributed by atoms with Gasteiger partial charge in [0.1, 0.15) is 13.1 Å². The summed E-state index contributed by atoms with van der Waals surface area (Å²) in [5, 5.41) is 4.48. The molecule has 1 heterocycles. The lowest BCUT2D eigenvalue weighted by Crippen LogP contribution is -2.56. The van der Waals surface area contributed by atoms with Crippen molar-refractivity contribution in [2.75, 3.05) is 19.6 Å². The number of hydrogen-bond donors (Lipinski definition) is 3. The van der Waals surface area contributed by atoms with Gasteiger partial charge in [-0.05, 0) is 5.92 Å². The van der Waals surface area contributed by atoms with E-state index in [1.54, 1.807) is 13.8 Å². The molecule has 1 saturated heterocycles. The molecule has 106 valence electrons. The van der Waals surface area contributed by atoms with Gasteiger partial charge < -0.3 is 16.0 Å². The molecule has 1 rings (SSSR count). The molecule has 1 aliphatic heterocycles. The zero-order chi connectivity index (χ0) is 14.6. The fourth-order valence-corrected chi connectivity index (χ4v) is 1.51. The number of nitrogens with two attached hydrogens (primary N) is 1. The molecule has 19 heavy (non-hydrogen) atoms. The molecule has 1 aliphatic rings. The molecule has 4 N–H and O–H groups in total. The third-order valence-corrected chi connectivity index (χ3v) is 2.74. The van der Waals surface area contributed by atoms with E-state index in [1.165, 1.54) is 0 Å². The maximum Gasteiger partial charge on any atom is 0.246 e. The predicted molar refractivity (Wildman–Crippen MR) is 65.6 cm³/mol. The summed E-state index contributed by atoms with van der Waals surface area (Å²) in [7, 11) is 0. The zero-order valence-corrected chi connectivity index (χ0v) is 10.9. The molecule has 0 saturated carbocycles. The molecule has 0 bridgehead atoms. The van der Waals surface area contributed by atoms with Crippen LogP contribution in [-0.4, -0.2) is 54.2 Å². The first-order valence-electron chi connectivity index (χ1n) is 5.95. The van der Waals surface area contributed by atoms with Crippen molar-refractivity contribution in [2.24, 2.45) is 11.7 Å². The molecular formula is C11H18N4O4. The maximum absolute atomic E-state index is 11.7. The first-order valence-corrected chi connectivity index (χ1v) is 5.95. The molecular weight excluding hydrogens is 252 g/mol. The van der Waals surface area contributed by atoms with Crippen LogP contribution in [0.4, 0.5) is 0 Å². The number of amides is 4. The van der Waals surface area contributed by atoms with E-state index in [0.717, 1.165) is 4.90 Å². The van der Waals surface area contributed by atoms with Crippen LogP contribution in [0.25, 0.3) is 0 Å². The minimum absolute atomic E-state index is 0.0440. The fourth-order valence-electron chi connectivity index (χ4n) is 1.51. The monoisotopic (exact) mass is 270 g/mol. The van der Waals surface area contributed by atoms with E-state index in [4.69, 9.17) is 5.73 Å². The number of hydrogen-bond acceptors (Lipinski definition) is 5. The van der Waals surface area contributed by atoms with E-state index in [-0.39, 0.29) is 25.6 Å². The first-order chi connectivity index (χ1) is 8.81. The Hall–Kier alpha value is -1.96. The Labute approximate surface area is 110 Å². The lowest BCUT2D eigenvalue weighted by molar-refractivity contribution is -0.145. The van der Waals surface area contributed by atoms with E-state index in [1.807, 2.05) is 0 Å². The van der Waals surface area contributed by atoms with Crippen LogP contribution < -0.4 is 16.4 Å². The van der Waals surface area contributed by atoms with Crippen LogP contribution in [0.15, 0.2) is 0 Å². The molecule has 8 nitrogen and oxygen atoms in total. The van der Waals surface area contributed by atoms with Crippen LogP contribution in [0.1, 0.15) is 13.8 Å². The normalized spacial score (nSPS) is 17.2. The molecule has 0 spiro atoms. The van der Waals surface area contributed by atoms with Crippen LogP contribution in [-0.2, 0) is 19.2 Å². The first kappa shape index (κ1) is 15.1. The molecule has 0 aromatic heterocycles. The number of nitrogens with one attached hydrogen (secondary N) is 2. The smallest absolute Gasteiger partial charge is 0.246 e. The van der Waals surface area contributed by atoms with Crippen molar-refractivity contribution in [3.8, 4) is 0 Å². The van der Waals surface area contributed by atoms with E-state index in [2.05, 4.69) is 10.6 Å². The number of piperazine rings is 1. The Balaban J connectivity index is 2.45. The summed E-state index contributed by atoms with van der Waals surface area (Å²) < 4.78 is 0. The molecule has 0 unspecified atom stereocenters. The highest BCUT2D eigenvalue weighted by Gasteiger charge is 2.27. The van der Waals surface area contributed by atoms with Crippen molar-refractivity contribution in [1.29, 1.82) is 0 Å². The van der Waals surface area contributed by atoms with Gasteiger partial charge in [0.2, 0.25) is 23.6 Å². The number of carbonyl (C=O) groups is 4. The second-order valence-electron chi connectivity index (χ2n) is 4.71. The summed E-state index contributed by atoms with van der Waals surface area (Å²) in [5.74, 6) is -2.04. The number of imide groups is 1. The van der Waals surface area contributed by atoms with Gasteiger partial charge in [-0.1, -0.05) is 13.8 Å². The van der Waals surface area contributed by atoms with Crippen LogP contribution in [0, 0.1) is 5.92 Å². The maximum atomic E-state index is 11.7. The van der Waals surface area contributed by atoms with Crippen molar-refractivity contribution in [3.63, 3.8) is 0 Å². The van der Waals surface area contributed by atoms with E-state index < -0.39 is 29.7 Å². The van der Waals surface area contributed by atoms with Gasteiger partial charge in [-0.25, -0.2) is 0 Å². The third kappa shape index (κ3) is 4.32. The summed E-state index contributed by atoms with van der Waals surface area (Å²) in [4.78, 5) is 46.5. The lowest BCUT2D eigenvalue weighted by atomic mass is 10.1.